The normalized spacial score (nSPS) is 11.5. The maximum Gasteiger partial charge on any atom is 0.0551 e. The van der Waals surface area contributed by atoms with E-state index in [1.54, 1.807) is 0 Å². The minimum Gasteiger partial charge on any atom is -0.354 e. The molecule has 290 valence electrons. The van der Waals surface area contributed by atoms with Crippen molar-refractivity contribution in [1.29, 1.82) is 0 Å². The van der Waals surface area contributed by atoms with E-state index in [1.807, 2.05) is 0 Å². The molecule has 0 radical (unpaired) electrons. The lowest BCUT2D eigenvalue weighted by atomic mass is 9.80. The van der Waals surface area contributed by atoms with Gasteiger partial charge in [0, 0.05) is 49.3 Å². The van der Waals surface area contributed by atoms with Gasteiger partial charge in [0.1, 0.15) is 0 Å². The fourth-order valence-corrected chi connectivity index (χ4v) is 9.89. The van der Waals surface area contributed by atoms with Gasteiger partial charge < -0.3 is 9.97 Å². The van der Waals surface area contributed by atoms with Crippen molar-refractivity contribution < 1.29 is 0 Å². The molecule has 62 heavy (non-hydrogen) atoms. The molecule has 0 fully saturated rings. The quantitative estimate of drug-likeness (QED) is 0.161. The molecule has 2 heterocycles. The summed E-state index contributed by atoms with van der Waals surface area (Å²) >= 11 is 0. The Balaban J connectivity index is 1.25. The van der Waals surface area contributed by atoms with Crippen molar-refractivity contribution in [3.8, 4) is 77.9 Å². The Hall–Kier alpha value is -8.20. The Morgan fingerprint density at radius 1 is 0.194 bits per heavy atom. The number of para-hydroxylation sites is 2. The number of aromatic amines is 2. The summed E-state index contributed by atoms with van der Waals surface area (Å²) in [6.45, 7) is 0. The molecule has 2 N–H and O–H groups in total. The lowest BCUT2D eigenvalue weighted by Crippen LogP contribution is -1.97. The second kappa shape index (κ2) is 14.8. The third-order valence-corrected chi connectivity index (χ3v) is 12.6. The third-order valence-electron chi connectivity index (χ3n) is 12.6. The van der Waals surface area contributed by atoms with Crippen LogP contribution in [0.5, 0.6) is 0 Å². The predicted molar refractivity (Wildman–Crippen MR) is 263 cm³/mol. The van der Waals surface area contributed by atoms with Gasteiger partial charge in [-0.2, -0.15) is 0 Å². The first-order valence-electron chi connectivity index (χ1n) is 21.4. The lowest BCUT2D eigenvalue weighted by molar-refractivity contribution is 1.50. The Morgan fingerprint density at radius 2 is 0.565 bits per heavy atom. The summed E-state index contributed by atoms with van der Waals surface area (Å²) in [6, 6.07) is 83.9. The molecular weight excluding hydrogens is 749 g/mol. The minimum absolute atomic E-state index is 1.12. The number of rotatable bonds is 7. The van der Waals surface area contributed by atoms with Crippen molar-refractivity contribution in [2.75, 3.05) is 0 Å². The Kier molecular flexibility index (Phi) is 8.53. The fraction of sp³-hybridized carbons (Fsp3) is 0. The average Bonchev–Trinajstić information content (AvgIpc) is 3.93. The van der Waals surface area contributed by atoms with E-state index in [0.717, 1.165) is 38.8 Å². The highest BCUT2D eigenvalue weighted by Gasteiger charge is 2.26. The smallest absolute Gasteiger partial charge is 0.0551 e. The summed E-state index contributed by atoms with van der Waals surface area (Å²) in [4.78, 5) is 7.95. The van der Waals surface area contributed by atoms with Crippen LogP contribution >= 0.6 is 0 Å². The number of hydrogen-bond donors (Lipinski definition) is 2. The second-order valence-electron chi connectivity index (χ2n) is 16.1. The Bertz CT molecular complexity index is 3610. The number of hydrogen-bond acceptors (Lipinski definition) is 0. The summed E-state index contributed by atoms with van der Waals surface area (Å²) in [7, 11) is 0. The van der Waals surface area contributed by atoms with Crippen LogP contribution in [0.15, 0.2) is 231 Å². The van der Waals surface area contributed by atoms with E-state index in [0.29, 0.717) is 0 Å². The van der Waals surface area contributed by atoms with Crippen LogP contribution in [0.1, 0.15) is 0 Å². The van der Waals surface area contributed by atoms with Crippen molar-refractivity contribution in [2.24, 2.45) is 0 Å². The third kappa shape index (κ3) is 5.80. The summed E-state index contributed by atoms with van der Waals surface area (Å²) in [5.74, 6) is 0. The van der Waals surface area contributed by atoms with Crippen molar-refractivity contribution in [3.63, 3.8) is 0 Å². The number of H-pyrrole nitrogens is 2. The molecule has 0 saturated heterocycles. The van der Waals surface area contributed by atoms with Crippen molar-refractivity contribution >= 4 is 43.6 Å². The largest absolute Gasteiger partial charge is 0.354 e. The molecule has 12 aromatic rings. The van der Waals surface area contributed by atoms with E-state index in [1.165, 1.54) is 82.7 Å². The number of aromatic nitrogens is 2. The summed E-state index contributed by atoms with van der Waals surface area (Å²) in [5, 5.41) is 4.83. The molecule has 0 aliphatic heterocycles. The van der Waals surface area contributed by atoms with Gasteiger partial charge in [-0.15, -0.1) is 0 Å². The van der Waals surface area contributed by atoms with Gasteiger partial charge in [0.05, 0.1) is 11.0 Å². The molecule has 0 amide bonds. The van der Waals surface area contributed by atoms with Gasteiger partial charge in [-0.25, -0.2) is 0 Å². The zero-order valence-electron chi connectivity index (χ0n) is 33.9. The van der Waals surface area contributed by atoms with Crippen molar-refractivity contribution in [2.45, 2.75) is 0 Å². The molecule has 2 aromatic heterocycles. The zero-order valence-corrected chi connectivity index (χ0v) is 33.9. The molecular formula is C60H40N2. The van der Waals surface area contributed by atoms with Crippen LogP contribution in [-0.2, 0) is 0 Å². The van der Waals surface area contributed by atoms with Gasteiger partial charge in [0.25, 0.3) is 0 Å². The van der Waals surface area contributed by atoms with Crippen LogP contribution in [0.4, 0.5) is 0 Å². The van der Waals surface area contributed by atoms with Crippen LogP contribution in [0, 0.1) is 0 Å². The first-order chi connectivity index (χ1) is 30.8. The zero-order chi connectivity index (χ0) is 41.0. The SMILES string of the molecule is c1ccc(-c2ccccc2-c2ccccc2-c2ccc3c([nH]c4ccccc43)c2-c2c(-c3ccccc3)cccc2-c2c(-c3ccccc3)ccc3c2[nH]c2ccccc23)cc1. The topological polar surface area (TPSA) is 31.6 Å². The maximum atomic E-state index is 4.01. The molecule has 10 aromatic carbocycles. The van der Waals surface area contributed by atoms with Gasteiger partial charge in [-0.3, -0.25) is 0 Å². The van der Waals surface area contributed by atoms with E-state index in [4.69, 9.17) is 0 Å². The molecule has 0 bridgehead atoms. The molecule has 0 aliphatic carbocycles. The van der Waals surface area contributed by atoms with Crippen LogP contribution < -0.4 is 0 Å². The minimum atomic E-state index is 1.12. The number of benzene rings is 10. The van der Waals surface area contributed by atoms with Crippen molar-refractivity contribution in [3.05, 3.63) is 231 Å². The predicted octanol–water partition coefficient (Wildman–Crippen LogP) is 16.6. The fourth-order valence-electron chi connectivity index (χ4n) is 9.89. The highest BCUT2D eigenvalue weighted by molar-refractivity contribution is 6.21. The van der Waals surface area contributed by atoms with Gasteiger partial charge in [0.2, 0.25) is 0 Å². The highest BCUT2D eigenvalue weighted by Crippen LogP contribution is 2.52. The summed E-state index contributed by atoms with van der Waals surface area (Å²) in [6.07, 6.45) is 0. The van der Waals surface area contributed by atoms with E-state index >= 15 is 0 Å². The summed E-state index contributed by atoms with van der Waals surface area (Å²) in [5.41, 5.74) is 21.0. The molecule has 0 saturated carbocycles. The Labute approximate surface area is 360 Å². The van der Waals surface area contributed by atoms with Gasteiger partial charge in [-0.05, 0) is 73.3 Å². The Morgan fingerprint density at radius 3 is 1.13 bits per heavy atom. The monoisotopic (exact) mass is 788 g/mol. The van der Waals surface area contributed by atoms with Crippen LogP contribution in [-0.4, -0.2) is 9.97 Å². The summed E-state index contributed by atoms with van der Waals surface area (Å²) < 4.78 is 0. The van der Waals surface area contributed by atoms with Gasteiger partial charge >= 0.3 is 0 Å². The average molecular weight is 789 g/mol. The van der Waals surface area contributed by atoms with Crippen LogP contribution in [0.2, 0.25) is 0 Å². The van der Waals surface area contributed by atoms with E-state index in [-0.39, 0.29) is 0 Å². The van der Waals surface area contributed by atoms with E-state index in [9.17, 15) is 0 Å². The van der Waals surface area contributed by atoms with Crippen molar-refractivity contribution in [1.82, 2.24) is 9.97 Å². The molecule has 0 atom stereocenters. The van der Waals surface area contributed by atoms with Gasteiger partial charge in [-0.1, -0.05) is 218 Å². The van der Waals surface area contributed by atoms with Gasteiger partial charge in [0.15, 0.2) is 0 Å². The molecule has 2 nitrogen and oxygen atoms in total. The number of fused-ring (bicyclic) bond motifs is 6. The standard InChI is InChI=1S/C60H40N2/c1-4-19-39(20-5-1)42-25-10-11-26-45(42)46-27-12-13-28-47(46)50-36-38-52-49-30-15-17-34-55(49)62-60(52)58(50)56-43(40-21-6-2-7-22-40)31-18-32-53(56)57-44(41-23-8-3-9-24-41)35-37-51-48-29-14-16-33-54(48)61-59(51)57/h1-38,61-62H. The molecule has 2 heteroatoms. The highest BCUT2D eigenvalue weighted by atomic mass is 14.7. The van der Waals surface area contributed by atoms with Crippen LogP contribution in [0.3, 0.4) is 0 Å². The first kappa shape index (κ1) is 35.7. The van der Waals surface area contributed by atoms with E-state index < -0.39 is 0 Å². The molecule has 12 rings (SSSR count). The number of nitrogens with one attached hydrogen (secondary N) is 2. The lowest BCUT2D eigenvalue weighted by Gasteiger charge is -2.23. The first-order valence-corrected chi connectivity index (χ1v) is 21.4. The van der Waals surface area contributed by atoms with Crippen LogP contribution in [0.25, 0.3) is 122 Å². The second-order valence-corrected chi connectivity index (χ2v) is 16.1. The maximum absolute atomic E-state index is 4.01. The van der Waals surface area contributed by atoms with E-state index in [2.05, 4.69) is 240 Å². The molecule has 0 unspecified atom stereocenters. The molecule has 0 spiro atoms. The molecule has 0 aliphatic rings.